The lowest BCUT2D eigenvalue weighted by Gasteiger charge is -2.10. The average Bonchev–Trinajstić information content (AvgIpc) is 2.23. The largest absolute Gasteiger partial charge is 0.398 e. The predicted octanol–water partition coefficient (Wildman–Crippen LogP) is 2.19. The van der Waals surface area contributed by atoms with Gasteiger partial charge in [0.25, 0.3) is 0 Å². The molecule has 1 rings (SSSR count). The molecule has 17 heavy (non-hydrogen) atoms. The second-order valence-corrected chi connectivity index (χ2v) is 6.20. The van der Waals surface area contributed by atoms with Crippen LogP contribution < -0.4 is 10.5 Å². The van der Waals surface area contributed by atoms with Crippen LogP contribution in [0.4, 0.5) is 5.69 Å². The normalized spacial score (nSPS) is 11.4. The molecule has 1 aromatic carbocycles. The lowest BCUT2D eigenvalue weighted by Crippen LogP contribution is -2.25. The maximum absolute atomic E-state index is 12.0. The monoisotopic (exact) mass is 318 g/mol. The van der Waals surface area contributed by atoms with Crippen molar-refractivity contribution in [3.63, 3.8) is 0 Å². The number of anilines is 1. The van der Waals surface area contributed by atoms with Crippen LogP contribution >= 0.6 is 15.9 Å². The minimum atomic E-state index is -3.50. The Kier molecular flexibility index (Phi) is 4.73. The number of nitrogen functional groups attached to an aromatic ring is 1. The van der Waals surface area contributed by atoms with E-state index in [2.05, 4.69) is 27.2 Å². The van der Waals surface area contributed by atoms with Crippen molar-refractivity contribution in [3.8, 4) is 0 Å². The fraction of sp³-hybridized carbons (Fsp3) is 0.273. The molecular formula is C11H15BrN2O2S. The van der Waals surface area contributed by atoms with Gasteiger partial charge in [0.2, 0.25) is 10.0 Å². The number of aryl methyl sites for hydroxylation is 1. The molecule has 0 bridgehead atoms. The van der Waals surface area contributed by atoms with Crippen molar-refractivity contribution in [2.45, 2.75) is 18.2 Å². The zero-order valence-corrected chi connectivity index (χ0v) is 11.9. The second-order valence-electron chi connectivity index (χ2n) is 3.61. The van der Waals surface area contributed by atoms with Crippen LogP contribution in [0.5, 0.6) is 0 Å². The smallest absolute Gasteiger partial charge is 0.240 e. The van der Waals surface area contributed by atoms with Crippen LogP contribution in [0.1, 0.15) is 12.0 Å². The van der Waals surface area contributed by atoms with Gasteiger partial charge in [-0.1, -0.05) is 6.08 Å². The zero-order chi connectivity index (χ0) is 13.1. The van der Waals surface area contributed by atoms with Gasteiger partial charge in [-0.3, -0.25) is 0 Å². The average molecular weight is 319 g/mol. The van der Waals surface area contributed by atoms with Gasteiger partial charge in [-0.2, -0.15) is 0 Å². The summed E-state index contributed by atoms with van der Waals surface area (Å²) in [5, 5.41) is 0. The van der Waals surface area contributed by atoms with Gasteiger partial charge in [0.15, 0.2) is 0 Å². The summed E-state index contributed by atoms with van der Waals surface area (Å²) in [5.74, 6) is 0. The molecule has 0 atom stereocenters. The summed E-state index contributed by atoms with van der Waals surface area (Å²) in [6.07, 6.45) is 2.25. The number of nitrogens with two attached hydrogens (primary N) is 1. The van der Waals surface area contributed by atoms with Gasteiger partial charge < -0.3 is 5.73 Å². The number of rotatable bonds is 5. The molecule has 1 aromatic rings. The number of hydrogen-bond acceptors (Lipinski definition) is 3. The molecular weight excluding hydrogens is 304 g/mol. The highest BCUT2D eigenvalue weighted by atomic mass is 79.9. The van der Waals surface area contributed by atoms with Crippen molar-refractivity contribution in [1.82, 2.24) is 4.72 Å². The molecule has 0 aromatic heterocycles. The van der Waals surface area contributed by atoms with Gasteiger partial charge in [0, 0.05) is 16.7 Å². The van der Waals surface area contributed by atoms with Gasteiger partial charge in [0.1, 0.15) is 0 Å². The molecule has 0 saturated heterocycles. The van der Waals surface area contributed by atoms with Gasteiger partial charge in [0.05, 0.1) is 4.90 Å². The zero-order valence-electron chi connectivity index (χ0n) is 9.53. The first-order valence-electron chi connectivity index (χ1n) is 5.04. The third-order valence-electron chi connectivity index (χ3n) is 2.22. The Hall–Kier alpha value is -0.850. The van der Waals surface area contributed by atoms with E-state index in [0.717, 1.165) is 0 Å². The van der Waals surface area contributed by atoms with Crippen LogP contribution in [-0.2, 0) is 10.0 Å². The summed E-state index contributed by atoms with van der Waals surface area (Å²) in [5.41, 5.74) is 6.74. The van der Waals surface area contributed by atoms with Crippen molar-refractivity contribution >= 4 is 31.6 Å². The van der Waals surface area contributed by atoms with E-state index in [4.69, 9.17) is 5.73 Å². The van der Waals surface area contributed by atoms with Crippen LogP contribution in [-0.4, -0.2) is 15.0 Å². The highest BCUT2D eigenvalue weighted by molar-refractivity contribution is 9.10. The highest BCUT2D eigenvalue weighted by Crippen LogP contribution is 2.26. The van der Waals surface area contributed by atoms with Crippen molar-refractivity contribution in [2.24, 2.45) is 0 Å². The lowest BCUT2D eigenvalue weighted by molar-refractivity contribution is 0.581. The van der Waals surface area contributed by atoms with Crippen LogP contribution in [0, 0.1) is 6.92 Å². The Labute approximate surface area is 110 Å². The van der Waals surface area contributed by atoms with Crippen molar-refractivity contribution in [3.05, 3.63) is 34.8 Å². The maximum atomic E-state index is 12.0. The quantitative estimate of drug-likeness (QED) is 0.496. The molecule has 0 amide bonds. The van der Waals surface area contributed by atoms with Gasteiger partial charge in [-0.05, 0) is 47.0 Å². The summed E-state index contributed by atoms with van der Waals surface area (Å²) < 4.78 is 27.1. The number of hydrogen-bond donors (Lipinski definition) is 2. The molecule has 0 aliphatic carbocycles. The fourth-order valence-electron chi connectivity index (χ4n) is 1.33. The van der Waals surface area contributed by atoms with E-state index in [0.29, 0.717) is 28.7 Å². The molecule has 4 nitrogen and oxygen atoms in total. The molecule has 0 radical (unpaired) electrons. The van der Waals surface area contributed by atoms with Crippen LogP contribution in [0.3, 0.4) is 0 Å². The van der Waals surface area contributed by atoms with Gasteiger partial charge >= 0.3 is 0 Å². The molecule has 0 spiro atoms. The number of sulfonamides is 1. The molecule has 94 valence electrons. The van der Waals surface area contributed by atoms with Gasteiger partial charge in [-0.25, -0.2) is 13.1 Å². The van der Waals surface area contributed by atoms with Crippen LogP contribution in [0.2, 0.25) is 0 Å². The first kappa shape index (κ1) is 14.2. The SMILES string of the molecule is C=CCCNS(=O)(=O)c1cc(N)c(Br)cc1C. The van der Waals surface area contributed by atoms with Crippen molar-refractivity contribution in [1.29, 1.82) is 0 Å². The third kappa shape index (κ3) is 3.55. The molecule has 0 saturated carbocycles. The molecule has 0 aliphatic heterocycles. The highest BCUT2D eigenvalue weighted by Gasteiger charge is 2.17. The lowest BCUT2D eigenvalue weighted by atomic mass is 10.2. The Bertz CT molecular complexity index is 527. The number of nitrogens with one attached hydrogen (secondary N) is 1. The van der Waals surface area contributed by atoms with Crippen LogP contribution in [0.25, 0.3) is 0 Å². The number of benzene rings is 1. The van der Waals surface area contributed by atoms with E-state index in [1.54, 1.807) is 19.1 Å². The van der Waals surface area contributed by atoms with E-state index in [-0.39, 0.29) is 4.90 Å². The second kappa shape index (κ2) is 5.66. The predicted molar refractivity (Wildman–Crippen MR) is 73.3 cm³/mol. The van der Waals surface area contributed by atoms with E-state index in [1.165, 1.54) is 6.07 Å². The standard InChI is InChI=1S/C11H15BrN2O2S/c1-3-4-5-14-17(15,16)11-7-10(13)9(12)6-8(11)2/h3,6-7,14H,1,4-5,13H2,2H3. The van der Waals surface area contributed by atoms with E-state index < -0.39 is 10.0 Å². The van der Waals surface area contributed by atoms with Crippen molar-refractivity contribution < 1.29 is 8.42 Å². The molecule has 0 unspecified atom stereocenters. The summed E-state index contributed by atoms with van der Waals surface area (Å²) in [7, 11) is -3.50. The van der Waals surface area contributed by atoms with E-state index in [1.807, 2.05) is 0 Å². The maximum Gasteiger partial charge on any atom is 0.240 e. The molecule has 0 aliphatic rings. The van der Waals surface area contributed by atoms with E-state index in [9.17, 15) is 8.42 Å². The van der Waals surface area contributed by atoms with E-state index >= 15 is 0 Å². The molecule has 6 heteroatoms. The Morgan fingerprint density at radius 2 is 2.18 bits per heavy atom. The fourth-order valence-corrected chi connectivity index (χ4v) is 3.10. The summed E-state index contributed by atoms with van der Waals surface area (Å²) in [6, 6.07) is 3.15. The van der Waals surface area contributed by atoms with Crippen LogP contribution in [0.15, 0.2) is 34.2 Å². The number of halogens is 1. The van der Waals surface area contributed by atoms with Crippen molar-refractivity contribution in [2.75, 3.05) is 12.3 Å². The summed E-state index contributed by atoms with van der Waals surface area (Å²) in [4.78, 5) is 0.210. The Morgan fingerprint density at radius 1 is 1.53 bits per heavy atom. The molecule has 3 N–H and O–H groups in total. The Morgan fingerprint density at radius 3 is 2.76 bits per heavy atom. The minimum absolute atomic E-state index is 0.210. The topological polar surface area (TPSA) is 72.2 Å². The molecule has 0 fully saturated rings. The molecule has 0 heterocycles. The summed E-state index contributed by atoms with van der Waals surface area (Å²) >= 11 is 3.26. The third-order valence-corrected chi connectivity index (χ3v) is 4.51. The minimum Gasteiger partial charge on any atom is -0.398 e. The van der Waals surface area contributed by atoms with Gasteiger partial charge in [-0.15, -0.1) is 6.58 Å². The Balaban J connectivity index is 3.06. The first-order chi connectivity index (χ1) is 7.88. The summed E-state index contributed by atoms with van der Waals surface area (Å²) in [6.45, 7) is 5.60. The first-order valence-corrected chi connectivity index (χ1v) is 7.32.